The summed E-state index contributed by atoms with van der Waals surface area (Å²) in [4.78, 5) is 21.5. The number of hydrogen-bond donors (Lipinski definition) is 1. The zero-order chi connectivity index (χ0) is 22.5. The highest BCUT2D eigenvalue weighted by Crippen LogP contribution is 2.30. The molecule has 6 nitrogen and oxygen atoms in total. The normalized spacial score (nSPS) is 14.1. The third-order valence-electron chi connectivity index (χ3n) is 5.21. The summed E-state index contributed by atoms with van der Waals surface area (Å²) in [5.74, 6) is 4.62. The van der Waals surface area contributed by atoms with Gasteiger partial charge in [-0.2, -0.15) is 0 Å². The van der Waals surface area contributed by atoms with Crippen LogP contribution in [-0.2, 0) is 15.9 Å². The first kappa shape index (κ1) is 21.7. The van der Waals surface area contributed by atoms with Gasteiger partial charge in [0.2, 0.25) is 0 Å². The predicted octanol–water partition coefficient (Wildman–Crippen LogP) is 4.16. The van der Waals surface area contributed by atoms with Gasteiger partial charge >= 0.3 is 5.97 Å². The minimum Gasteiger partial charge on any atom is -0.504 e. The molecule has 4 rings (SSSR count). The van der Waals surface area contributed by atoms with E-state index in [9.17, 15) is 14.3 Å². The van der Waals surface area contributed by atoms with E-state index in [2.05, 4.69) is 21.8 Å². The van der Waals surface area contributed by atoms with Gasteiger partial charge in [-0.25, -0.2) is 14.2 Å². The molecule has 0 radical (unpaired) electrons. The fourth-order valence-electron chi connectivity index (χ4n) is 3.56. The molecule has 0 atom stereocenters. The van der Waals surface area contributed by atoms with Crippen LogP contribution in [0.3, 0.4) is 0 Å². The Hall–Kier alpha value is -3.50. The summed E-state index contributed by atoms with van der Waals surface area (Å²) in [5.41, 5.74) is 2.17. The number of hydrogen-bond acceptors (Lipinski definition) is 6. The van der Waals surface area contributed by atoms with E-state index in [0.29, 0.717) is 50.0 Å². The number of rotatable bonds is 4. The number of carbonyl (C=O) groups is 1. The summed E-state index contributed by atoms with van der Waals surface area (Å²) < 4.78 is 24.0. The van der Waals surface area contributed by atoms with E-state index in [0.717, 1.165) is 11.1 Å². The van der Waals surface area contributed by atoms with Gasteiger partial charge in [-0.05, 0) is 41.7 Å². The molecule has 1 aliphatic rings. The molecule has 0 spiro atoms. The fraction of sp³-hybridized carbons (Fsp3) is 0.320. The van der Waals surface area contributed by atoms with E-state index < -0.39 is 5.97 Å². The van der Waals surface area contributed by atoms with Crippen LogP contribution in [0.2, 0.25) is 0 Å². The van der Waals surface area contributed by atoms with Crippen LogP contribution in [0, 0.1) is 17.7 Å². The van der Waals surface area contributed by atoms with Crippen molar-refractivity contribution < 1.29 is 23.8 Å². The number of nitrogens with zero attached hydrogens (tertiary/aromatic N) is 2. The second-order valence-corrected chi connectivity index (χ2v) is 7.57. The average Bonchev–Trinajstić information content (AvgIpc) is 2.81. The third-order valence-corrected chi connectivity index (χ3v) is 5.21. The number of carbonyl (C=O) groups excluding carboxylic acids is 1. The Kier molecular flexibility index (Phi) is 6.62. The Labute approximate surface area is 185 Å². The maximum Gasteiger partial charge on any atom is 0.361 e. The van der Waals surface area contributed by atoms with Crippen LogP contribution < -0.4 is 0 Å². The van der Waals surface area contributed by atoms with Crippen molar-refractivity contribution >= 4 is 16.9 Å². The number of esters is 1. The lowest BCUT2D eigenvalue weighted by Crippen LogP contribution is -2.26. The summed E-state index contributed by atoms with van der Waals surface area (Å²) in [6.07, 6.45) is 3.69. The Morgan fingerprint density at radius 2 is 2.00 bits per heavy atom. The van der Waals surface area contributed by atoms with Crippen molar-refractivity contribution in [2.24, 2.45) is 0 Å². The second kappa shape index (κ2) is 9.75. The summed E-state index contributed by atoms with van der Waals surface area (Å²) in [5, 5.41) is 11.3. The van der Waals surface area contributed by atoms with Gasteiger partial charge in [0.15, 0.2) is 11.4 Å². The van der Waals surface area contributed by atoms with E-state index >= 15 is 0 Å². The first-order valence-corrected chi connectivity index (χ1v) is 10.6. The van der Waals surface area contributed by atoms with Crippen molar-refractivity contribution in [1.82, 2.24) is 9.97 Å². The molecule has 7 heteroatoms. The highest BCUT2D eigenvalue weighted by molar-refractivity contribution is 5.99. The van der Waals surface area contributed by atoms with Gasteiger partial charge in [0.05, 0.1) is 13.2 Å². The van der Waals surface area contributed by atoms with Crippen molar-refractivity contribution in [3.05, 3.63) is 64.9 Å². The van der Waals surface area contributed by atoms with Crippen LogP contribution >= 0.6 is 0 Å². The predicted molar refractivity (Wildman–Crippen MR) is 117 cm³/mol. The van der Waals surface area contributed by atoms with Crippen molar-refractivity contribution in [3.63, 3.8) is 0 Å². The number of ether oxygens (including phenoxy) is 2. The lowest BCUT2D eigenvalue weighted by atomic mass is 10.0. The molecule has 0 aliphatic carbocycles. The monoisotopic (exact) mass is 434 g/mol. The topological polar surface area (TPSA) is 81.5 Å². The highest BCUT2D eigenvalue weighted by atomic mass is 19.1. The molecule has 1 fully saturated rings. The van der Waals surface area contributed by atoms with Crippen LogP contribution in [-0.4, -0.2) is 40.4 Å². The smallest absolute Gasteiger partial charge is 0.361 e. The maximum atomic E-state index is 13.2. The molecule has 32 heavy (non-hydrogen) atoms. The van der Waals surface area contributed by atoms with Gasteiger partial charge in [0.1, 0.15) is 23.1 Å². The highest BCUT2D eigenvalue weighted by Gasteiger charge is 2.25. The molecule has 0 unspecified atom stereocenters. The van der Waals surface area contributed by atoms with Crippen molar-refractivity contribution in [3.8, 4) is 17.6 Å². The molecule has 0 saturated carbocycles. The minimum atomic E-state index is -0.701. The Bertz CT molecular complexity index is 1190. The van der Waals surface area contributed by atoms with E-state index in [1.54, 1.807) is 18.3 Å². The average molecular weight is 434 g/mol. The number of halogens is 1. The molecule has 1 saturated heterocycles. The fourth-order valence-corrected chi connectivity index (χ4v) is 3.56. The van der Waals surface area contributed by atoms with Gasteiger partial charge in [0, 0.05) is 30.8 Å². The van der Waals surface area contributed by atoms with E-state index in [-0.39, 0.29) is 28.9 Å². The van der Waals surface area contributed by atoms with E-state index in [4.69, 9.17) is 9.47 Å². The van der Waals surface area contributed by atoms with Crippen molar-refractivity contribution in [2.75, 3.05) is 13.2 Å². The van der Waals surface area contributed by atoms with Gasteiger partial charge < -0.3 is 14.6 Å². The van der Waals surface area contributed by atoms with Gasteiger partial charge in [-0.3, -0.25) is 4.98 Å². The molecule has 164 valence electrons. The van der Waals surface area contributed by atoms with Crippen molar-refractivity contribution in [2.45, 2.75) is 38.7 Å². The molecular formula is C25H23FN2O4. The molecule has 1 aliphatic heterocycles. The lowest BCUT2D eigenvalue weighted by molar-refractivity contribution is -0.0165. The van der Waals surface area contributed by atoms with Crippen LogP contribution in [0.5, 0.6) is 5.75 Å². The molecule has 1 aromatic carbocycles. The summed E-state index contributed by atoms with van der Waals surface area (Å²) in [7, 11) is 0. The number of aromatic hydroxyl groups is 1. The number of aromatic nitrogens is 2. The van der Waals surface area contributed by atoms with Crippen LogP contribution in [0.25, 0.3) is 10.9 Å². The number of pyridine rings is 2. The summed E-state index contributed by atoms with van der Waals surface area (Å²) in [6, 6.07) is 8.08. The van der Waals surface area contributed by atoms with E-state index in [1.807, 2.05) is 13.0 Å². The quantitative estimate of drug-likeness (QED) is 0.491. The molecule has 2 aromatic heterocycles. The molecule has 1 N–H and O–H groups in total. The van der Waals surface area contributed by atoms with Crippen LogP contribution in [0.4, 0.5) is 4.39 Å². The summed E-state index contributed by atoms with van der Waals surface area (Å²) >= 11 is 0. The maximum absolute atomic E-state index is 13.2. The van der Waals surface area contributed by atoms with Gasteiger partial charge in [-0.1, -0.05) is 25.0 Å². The number of fused-ring (bicyclic) bond motifs is 1. The summed E-state index contributed by atoms with van der Waals surface area (Å²) in [6.45, 7) is 2.97. The zero-order valence-corrected chi connectivity index (χ0v) is 17.7. The molecule has 3 aromatic rings. The lowest BCUT2D eigenvalue weighted by Gasteiger charge is -2.22. The van der Waals surface area contributed by atoms with Gasteiger partial charge in [0.25, 0.3) is 0 Å². The molecule has 0 bridgehead atoms. The SMILES string of the molecule is CCC#Cc1nc(C(=O)OC2CCOCC2)c(O)c2ncc(Cc3ccc(F)cc3)cc12. The molecule has 0 amide bonds. The van der Waals surface area contributed by atoms with Crippen LogP contribution in [0.15, 0.2) is 36.5 Å². The Morgan fingerprint density at radius 1 is 1.25 bits per heavy atom. The zero-order valence-electron chi connectivity index (χ0n) is 17.7. The Balaban J connectivity index is 1.71. The minimum absolute atomic E-state index is 0.192. The Morgan fingerprint density at radius 3 is 2.72 bits per heavy atom. The third kappa shape index (κ3) is 4.87. The second-order valence-electron chi connectivity index (χ2n) is 7.57. The first-order chi connectivity index (χ1) is 15.5. The molecule has 3 heterocycles. The van der Waals surface area contributed by atoms with Crippen molar-refractivity contribution in [1.29, 1.82) is 0 Å². The van der Waals surface area contributed by atoms with Crippen LogP contribution in [0.1, 0.15) is 53.5 Å². The molecular weight excluding hydrogens is 411 g/mol. The number of benzene rings is 1. The van der Waals surface area contributed by atoms with E-state index in [1.165, 1.54) is 12.1 Å². The first-order valence-electron chi connectivity index (χ1n) is 10.6. The van der Waals surface area contributed by atoms with Gasteiger partial charge in [-0.15, -0.1) is 0 Å². The standard InChI is InChI=1S/C25H23FN2O4/c1-2-3-4-21-20-14-17(13-16-5-7-18(26)8-6-16)15-27-22(20)24(29)23(28-21)25(30)32-19-9-11-31-12-10-19/h5-8,14-15,19,29H,2,9-13H2,1H3. The largest absolute Gasteiger partial charge is 0.504 e.